The number of hydrogen-bond acceptors (Lipinski definition) is 7. The molecule has 0 radical (unpaired) electrons. The lowest BCUT2D eigenvalue weighted by Crippen LogP contribution is -2.31. The van der Waals surface area contributed by atoms with Crippen molar-refractivity contribution < 1.29 is 9.53 Å². The Labute approximate surface area is 206 Å². The predicted molar refractivity (Wildman–Crippen MR) is 135 cm³/mol. The molecule has 5 rings (SSSR count). The van der Waals surface area contributed by atoms with Gasteiger partial charge in [-0.05, 0) is 68.1 Å². The third-order valence-corrected chi connectivity index (χ3v) is 7.42. The van der Waals surface area contributed by atoms with Crippen molar-refractivity contribution in [3.8, 4) is 11.4 Å². The van der Waals surface area contributed by atoms with Crippen LogP contribution in [0.2, 0.25) is 0 Å². The standard InChI is InChI=1S/C27H34N6O2/c1-5-35-26(34)24-20-12-10-18-15-29-27(30-22-8-6-7-13-28-22)31-23(18)25(20)33(32-24)21-14-17(4)9-11-19(21)16(2)3/h6-8,13,15-17,19,21H,5,9-12,14H2,1-4H3,(H,28,29,30,31). The maximum Gasteiger partial charge on any atom is 0.359 e. The van der Waals surface area contributed by atoms with Gasteiger partial charge in [-0.1, -0.05) is 33.3 Å². The summed E-state index contributed by atoms with van der Waals surface area (Å²) in [7, 11) is 0. The van der Waals surface area contributed by atoms with E-state index in [4.69, 9.17) is 14.8 Å². The molecular formula is C27H34N6O2. The van der Waals surface area contributed by atoms with E-state index in [0.29, 0.717) is 41.8 Å². The van der Waals surface area contributed by atoms with Crippen molar-refractivity contribution in [2.45, 2.75) is 65.8 Å². The lowest BCUT2D eigenvalue weighted by Gasteiger charge is -2.38. The number of aryl methyl sites for hydroxylation is 1. The molecule has 3 atom stereocenters. The maximum atomic E-state index is 13.0. The highest BCUT2D eigenvalue weighted by Gasteiger charge is 2.38. The number of pyridine rings is 1. The Bertz CT molecular complexity index is 1210. The maximum absolute atomic E-state index is 13.0. The van der Waals surface area contributed by atoms with Crippen LogP contribution >= 0.6 is 0 Å². The van der Waals surface area contributed by atoms with Gasteiger partial charge in [-0.3, -0.25) is 4.68 Å². The van der Waals surface area contributed by atoms with Crippen molar-refractivity contribution in [1.82, 2.24) is 24.7 Å². The van der Waals surface area contributed by atoms with Crippen LogP contribution in [0.4, 0.5) is 11.8 Å². The minimum absolute atomic E-state index is 0.212. The molecule has 1 N–H and O–H groups in total. The zero-order valence-electron chi connectivity index (χ0n) is 21.0. The van der Waals surface area contributed by atoms with Crippen LogP contribution in [0.1, 0.15) is 74.6 Å². The molecule has 184 valence electrons. The Hall–Kier alpha value is -3.29. The monoisotopic (exact) mass is 474 g/mol. The molecule has 8 nitrogen and oxygen atoms in total. The van der Waals surface area contributed by atoms with Gasteiger partial charge < -0.3 is 10.1 Å². The molecule has 2 aliphatic rings. The number of fused-ring (bicyclic) bond motifs is 3. The number of nitrogens with zero attached hydrogens (tertiary/aromatic N) is 5. The number of rotatable bonds is 6. The molecule has 8 heteroatoms. The Kier molecular flexibility index (Phi) is 6.54. The van der Waals surface area contributed by atoms with Crippen molar-refractivity contribution in [3.05, 3.63) is 47.4 Å². The molecule has 3 unspecified atom stereocenters. The first-order chi connectivity index (χ1) is 17.0. The van der Waals surface area contributed by atoms with E-state index >= 15 is 0 Å². The zero-order valence-corrected chi connectivity index (χ0v) is 21.0. The third-order valence-electron chi connectivity index (χ3n) is 7.42. The lowest BCUT2D eigenvalue weighted by atomic mass is 9.74. The summed E-state index contributed by atoms with van der Waals surface area (Å²) in [4.78, 5) is 26.8. The van der Waals surface area contributed by atoms with Crippen molar-refractivity contribution in [3.63, 3.8) is 0 Å². The van der Waals surface area contributed by atoms with Crippen LogP contribution in [0.5, 0.6) is 0 Å². The van der Waals surface area contributed by atoms with E-state index in [1.165, 1.54) is 6.42 Å². The first kappa shape index (κ1) is 23.5. The third kappa shape index (κ3) is 4.54. The van der Waals surface area contributed by atoms with Gasteiger partial charge in [0.05, 0.1) is 24.0 Å². The molecule has 3 aromatic heterocycles. The second kappa shape index (κ2) is 9.76. The number of anilines is 2. The van der Waals surface area contributed by atoms with E-state index in [9.17, 15) is 4.79 Å². The minimum Gasteiger partial charge on any atom is -0.461 e. The molecule has 3 heterocycles. The van der Waals surface area contributed by atoms with Crippen LogP contribution in [0.3, 0.4) is 0 Å². The number of carbonyl (C=O) groups excluding carboxylic acids is 1. The Morgan fingerprint density at radius 2 is 2.09 bits per heavy atom. The number of carbonyl (C=O) groups is 1. The molecule has 0 aliphatic heterocycles. The summed E-state index contributed by atoms with van der Waals surface area (Å²) < 4.78 is 7.54. The Balaban J connectivity index is 1.64. The van der Waals surface area contributed by atoms with Crippen LogP contribution in [0, 0.1) is 17.8 Å². The average molecular weight is 475 g/mol. The molecule has 35 heavy (non-hydrogen) atoms. The molecule has 2 aliphatic carbocycles. The van der Waals surface area contributed by atoms with E-state index in [1.807, 2.05) is 31.3 Å². The van der Waals surface area contributed by atoms with Crippen LogP contribution < -0.4 is 5.32 Å². The van der Waals surface area contributed by atoms with E-state index in [1.54, 1.807) is 6.20 Å². The Morgan fingerprint density at radius 1 is 1.23 bits per heavy atom. The van der Waals surface area contributed by atoms with Crippen LogP contribution in [-0.4, -0.2) is 37.3 Å². The van der Waals surface area contributed by atoms with Gasteiger partial charge in [0.2, 0.25) is 5.95 Å². The van der Waals surface area contributed by atoms with Gasteiger partial charge in [0.15, 0.2) is 5.69 Å². The summed E-state index contributed by atoms with van der Waals surface area (Å²) in [5.74, 6) is 2.44. The smallest absolute Gasteiger partial charge is 0.359 e. The quantitative estimate of drug-likeness (QED) is 0.479. The summed E-state index contributed by atoms with van der Waals surface area (Å²) in [6.45, 7) is 9.06. The van der Waals surface area contributed by atoms with Crippen molar-refractivity contribution >= 4 is 17.7 Å². The van der Waals surface area contributed by atoms with Crippen molar-refractivity contribution in [2.75, 3.05) is 11.9 Å². The van der Waals surface area contributed by atoms with Gasteiger partial charge in [0.25, 0.3) is 0 Å². The van der Waals surface area contributed by atoms with E-state index < -0.39 is 0 Å². The molecule has 1 saturated carbocycles. The average Bonchev–Trinajstić information content (AvgIpc) is 3.25. The summed E-state index contributed by atoms with van der Waals surface area (Å²) >= 11 is 0. The second-order valence-corrected chi connectivity index (χ2v) is 10.1. The van der Waals surface area contributed by atoms with Gasteiger partial charge in [0, 0.05) is 18.0 Å². The molecule has 0 bridgehead atoms. The summed E-state index contributed by atoms with van der Waals surface area (Å²) in [6.07, 6.45) is 8.54. The van der Waals surface area contributed by atoms with Gasteiger partial charge in [0.1, 0.15) is 5.82 Å². The molecule has 0 aromatic carbocycles. The van der Waals surface area contributed by atoms with E-state index in [0.717, 1.165) is 48.2 Å². The van der Waals surface area contributed by atoms with Crippen molar-refractivity contribution in [2.24, 2.45) is 17.8 Å². The van der Waals surface area contributed by atoms with Gasteiger partial charge >= 0.3 is 5.97 Å². The molecular weight excluding hydrogens is 440 g/mol. The molecule has 0 amide bonds. The highest BCUT2D eigenvalue weighted by Crippen LogP contribution is 2.45. The van der Waals surface area contributed by atoms with E-state index in [-0.39, 0.29) is 12.0 Å². The van der Waals surface area contributed by atoms with Gasteiger partial charge in [-0.2, -0.15) is 5.10 Å². The fourth-order valence-electron chi connectivity index (χ4n) is 5.66. The number of esters is 1. The Morgan fingerprint density at radius 3 is 2.83 bits per heavy atom. The SMILES string of the molecule is CCOC(=O)c1nn(C2CC(C)CCC2C(C)C)c2c1CCc1cnc(Nc3ccccn3)nc1-2. The van der Waals surface area contributed by atoms with Crippen LogP contribution in [0.25, 0.3) is 11.4 Å². The number of ether oxygens (including phenoxy) is 1. The van der Waals surface area contributed by atoms with Crippen LogP contribution in [-0.2, 0) is 17.6 Å². The summed E-state index contributed by atoms with van der Waals surface area (Å²) in [5, 5.41) is 8.18. The zero-order chi connectivity index (χ0) is 24.5. The summed E-state index contributed by atoms with van der Waals surface area (Å²) in [6, 6.07) is 5.89. The van der Waals surface area contributed by atoms with Crippen molar-refractivity contribution in [1.29, 1.82) is 0 Å². The fraction of sp³-hybridized carbons (Fsp3) is 0.519. The normalized spacial score (nSPS) is 21.3. The predicted octanol–water partition coefficient (Wildman–Crippen LogP) is 5.39. The largest absolute Gasteiger partial charge is 0.461 e. The molecule has 1 fully saturated rings. The topological polar surface area (TPSA) is 94.8 Å². The fourth-order valence-corrected chi connectivity index (χ4v) is 5.66. The molecule has 3 aromatic rings. The molecule has 0 saturated heterocycles. The second-order valence-electron chi connectivity index (χ2n) is 10.1. The van der Waals surface area contributed by atoms with Gasteiger partial charge in [-0.15, -0.1) is 0 Å². The number of hydrogen-bond donors (Lipinski definition) is 1. The first-order valence-corrected chi connectivity index (χ1v) is 12.8. The lowest BCUT2D eigenvalue weighted by molar-refractivity contribution is 0.0515. The van der Waals surface area contributed by atoms with E-state index in [2.05, 4.69) is 40.7 Å². The van der Waals surface area contributed by atoms with Gasteiger partial charge in [-0.25, -0.2) is 19.7 Å². The first-order valence-electron chi connectivity index (χ1n) is 12.8. The number of nitrogens with one attached hydrogen (secondary N) is 1. The van der Waals surface area contributed by atoms with Crippen LogP contribution in [0.15, 0.2) is 30.6 Å². The minimum atomic E-state index is -0.350. The highest BCUT2D eigenvalue weighted by molar-refractivity contribution is 5.91. The highest BCUT2D eigenvalue weighted by atomic mass is 16.5. The number of aromatic nitrogens is 5. The summed E-state index contributed by atoms with van der Waals surface area (Å²) in [5.41, 5.74) is 4.25. The molecule has 0 spiro atoms.